The van der Waals surface area contributed by atoms with E-state index in [1.54, 1.807) is 12.1 Å². The van der Waals surface area contributed by atoms with Crippen molar-refractivity contribution >= 4 is 23.0 Å². The molecular weight excluding hydrogens is 222 g/mol. The standard InChI is InChI=1S/C7H4ClN.Y/c8-6-9-7-4-2-1-3-5-7;/h1-4H;/q-2;. The van der Waals surface area contributed by atoms with Gasteiger partial charge in [0.25, 0.3) is 0 Å². The van der Waals surface area contributed by atoms with Crippen LogP contribution in [0.2, 0.25) is 0 Å². The molecule has 1 rings (SSSR count). The second-order valence-electron chi connectivity index (χ2n) is 1.44. The predicted molar refractivity (Wildman–Crippen MR) is 38.2 cm³/mol. The van der Waals surface area contributed by atoms with E-state index in [2.05, 4.69) is 16.7 Å². The van der Waals surface area contributed by atoms with Crippen LogP contribution in [-0.2, 0) is 32.7 Å². The Hall–Kier alpha value is 0.284. The monoisotopic (exact) mass is 226 g/mol. The van der Waals surface area contributed by atoms with E-state index in [4.69, 9.17) is 11.6 Å². The van der Waals surface area contributed by atoms with Crippen molar-refractivity contribution in [2.24, 2.45) is 4.99 Å². The number of benzene rings is 1. The molecule has 0 fully saturated rings. The summed E-state index contributed by atoms with van der Waals surface area (Å²) in [5.41, 5.74) is 2.85. The predicted octanol–water partition coefficient (Wildman–Crippen LogP) is 2.26. The molecule has 0 heterocycles. The molecule has 0 saturated heterocycles. The van der Waals surface area contributed by atoms with Crippen molar-refractivity contribution in [2.75, 3.05) is 0 Å². The van der Waals surface area contributed by atoms with Crippen LogP contribution >= 0.6 is 11.6 Å². The van der Waals surface area contributed by atoms with Gasteiger partial charge in [-0.3, -0.25) is 6.07 Å². The van der Waals surface area contributed by atoms with Gasteiger partial charge in [-0.15, -0.1) is 0 Å². The molecule has 10 heavy (non-hydrogen) atoms. The fourth-order valence-electron chi connectivity index (χ4n) is 0.499. The molecule has 1 nitrogen and oxygen atoms in total. The first-order valence-corrected chi connectivity index (χ1v) is 2.84. The summed E-state index contributed by atoms with van der Waals surface area (Å²) in [6.07, 6.45) is 0. The molecule has 0 spiro atoms. The van der Waals surface area contributed by atoms with Gasteiger partial charge in [-0.05, 0) is 0 Å². The molecule has 3 heteroatoms. The SMILES string of the molecule is Cl[C-]=Nc1[c-]cccc1.[Y]. The van der Waals surface area contributed by atoms with Crippen molar-refractivity contribution in [1.29, 1.82) is 0 Å². The smallest absolute Gasteiger partial charge is 0 e. The molecule has 0 saturated carbocycles. The van der Waals surface area contributed by atoms with Crippen LogP contribution < -0.4 is 0 Å². The van der Waals surface area contributed by atoms with Gasteiger partial charge in [0.05, 0.1) is 0 Å². The third-order valence-corrected chi connectivity index (χ3v) is 0.940. The van der Waals surface area contributed by atoms with Gasteiger partial charge in [0, 0.05) is 32.7 Å². The molecule has 0 amide bonds. The van der Waals surface area contributed by atoms with E-state index in [-0.39, 0.29) is 32.7 Å². The van der Waals surface area contributed by atoms with E-state index < -0.39 is 0 Å². The average molecular weight is 226 g/mol. The maximum Gasteiger partial charge on any atom is 0 e. The Kier molecular flexibility index (Phi) is 6.20. The van der Waals surface area contributed by atoms with E-state index in [1.807, 2.05) is 12.1 Å². The molecule has 49 valence electrons. The number of hydrogen-bond donors (Lipinski definition) is 0. The fourth-order valence-corrected chi connectivity index (χ4v) is 0.590. The van der Waals surface area contributed by atoms with Crippen LogP contribution in [0.4, 0.5) is 5.69 Å². The first-order valence-electron chi connectivity index (χ1n) is 2.46. The minimum atomic E-state index is 0. The quantitative estimate of drug-likeness (QED) is 0.514. The van der Waals surface area contributed by atoms with E-state index in [9.17, 15) is 0 Å². The zero-order valence-electron chi connectivity index (χ0n) is 5.21. The Balaban J connectivity index is 0.000000810. The topological polar surface area (TPSA) is 12.4 Å². The maximum absolute atomic E-state index is 5.10. The summed E-state index contributed by atoms with van der Waals surface area (Å²) in [5, 5.41) is 0. The van der Waals surface area contributed by atoms with Crippen LogP contribution in [0.15, 0.2) is 29.3 Å². The van der Waals surface area contributed by atoms with Gasteiger partial charge in [0.15, 0.2) is 0 Å². The van der Waals surface area contributed by atoms with Crippen molar-refractivity contribution in [3.63, 3.8) is 0 Å². The molecule has 0 aliphatic heterocycles. The summed E-state index contributed by atoms with van der Waals surface area (Å²) in [6.45, 7) is 0. The van der Waals surface area contributed by atoms with Gasteiger partial charge < -0.3 is 4.99 Å². The van der Waals surface area contributed by atoms with Crippen molar-refractivity contribution < 1.29 is 32.7 Å². The van der Waals surface area contributed by atoms with E-state index >= 15 is 0 Å². The summed E-state index contributed by atoms with van der Waals surface area (Å²) in [6, 6.07) is 10.2. The van der Waals surface area contributed by atoms with Crippen LogP contribution in [0, 0.1) is 6.07 Å². The number of hydrogen-bond acceptors (Lipinski definition) is 1. The third-order valence-electron chi connectivity index (χ3n) is 0.855. The summed E-state index contributed by atoms with van der Waals surface area (Å²) in [4.78, 5) is 3.67. The molecule has 0 aliphatic carbocycles. The van der Waals surface area contributed by atoms with Gasteiger partial charge in [-0.2, -0.15) is 18.2 Å². The zero-order valence-corrected chi connectivity index (χ0v) is 8.81. The van der Waals surface area contributed by atoms with Crippen LogP contribution in [0.1, 0.15) is 0 Å². The normalized spacial score (nSPS) is 9.30. The van der Waals surface area contributed by atoms with Gasteiger partial charge >= 0.3 is 0 Å². The van der Waals surface area contributed by atoms with Gasteiger partial charge in [-0.25, -0.2) is 23.4 Å². The second-order valence-corrected chi connectivity index (χ2v) is 1.61. The summed E-state index contributed by atoms with van der Waals surface area (Å²) < 4.78 is 0. The molecule has 0 bridgehead atoms. The minimum absolute atomic E-state index is 0. The van der Waals surface area contributed by atoms with Crippen LogP contribution in [0.5, 0.6) is 0 Å². The first-order chi connectivity index (χ1) is 4.43. The average Bonchev–Trinajstić information content (AvgIpc) is 1.91. The molecular formula is C7H4ClNY-2. The molecule has 0 aliphatic rings. The van der Waals surface area contributed by atoms with Gasteiger partial charge in [0.1, 0.15) is 0 Å². The molecule has 0 aromatic heterocycles. The van der Waals surface area contributed by atoms with Crippen LogP contribution in [0.3, 0.4) is 0 Å². The molecule has 1 radical (unpaired) electrons. The Labute approximate surface area is 90.4 Å². The summed E-state index contributed by atoms with van der Waals surface area (Å²) in [5.74, 6) is 0. The van der Waals surface area contributed by atoms with E-state index in [1.165, 1.54) is 0 Å². The van der Waals surface area contributed by atoms with E-state index in [0.717, 1.165) is 0 Å². The summed E-state index contributed by atoms with van der Waals surface area (Å²) in [7, 11) is 0. The number of aliphatic imine (C=N–C) groups is 1. The first kappa shape index (κ1) is 10.3. The van der Waals surface area contributed by atoms with Gasteiger partial charge in [0.2, 0.25) is 0 Å². The number of para-hydroxylation sites is 1. The van der Waals surface area contributed by atoms with E-state index in [0.29, 0.717) is 5.69 Å². The Morgan fingerprint density at radius 3 is 2.80 bits per heavy atom. The van der Waals surface area contributed by atoms with Crippen LogP contribution in [0.25, 0.3) is 0 Å². The molecule has 0 N–H and O–H groups in total. The largest absolute Gasteiger partial charge is 0.465 e. The number of rotatable bonds is 1. The second kappa shape index (κ2) is 6.02. The van der Waals surface area contributed by atoms with Crippen molar-refractivity contribution in [2.45, 2.75) is 0 Å². The van der Waals surface area contributed by atoms with Crippen LogP contribution in [-0.4, -0.2) is 5.67 Å². The molecule has 0 unspecified atom stereocenters. The van der Waals surface area contributed by atoms with Crippen molar-refractivity contribution in [1.82, 2.24) is 0 Å². The Morgan fingerprint density at radius 2 is 2.30 bits per heavy atom. The third kappa shape index (κ3) is 3.45. The van der Waals surface area contributed by atoms with Crippen molar-refractivity contribution in [3.05, 3.63) is 30.3 Å². The number of nitrogens with zero attached hydrogens (tertiary/aromatic N) is 1. The maximum atomic E-state index is 5.10. The molecule has 0 atom stereocenters. The van der Waals surface area contributed by atoms with Crippen molar-refractivity contribution in [3.8, 4) is 0 Å². The summed E-state index contributed by atoms with van der Waals surface area (Å²) >= 11 is 5.10. The fraction of sp³-hybridized carbons (Fsp3) is 0. The zero-order chi connectivity index (χ0) is 6.53. The Bertz CT molecular complexity index is 198. The minimum Gasteiger partial charge on any atom is -0.465 e. The Morgan fingerprint density at radius 1 is 1.50 bits per heavy atom. The molecule has 1 aromatic rings. The molecule has 1 aromatic carbocycles. The van der Waals surface area contributed by atoms with Gasteiger partial charge in [-0.1, -0.05) is 5.67 Å². The number of halogens is 1.